The van der Waals surface area contributed by atoms with Crippen molar-refractivity contribution >= 4 is 68.4 Å². The number of aromatic nitrogens is 4. The van der Waals surface area contributed by atoms with Crippen LogP contribution in [0.1, 0.15) is 98.4 Å². The molecule has 3 aromatic heterocycles. The SMILES string of the molecule is C=Cc1c(C)c2cc3nc(cc4[nH]c(cc5nc(cc1[nH]2)C(C)=C5CCC(C)=O)c(CCC(C)=O)c4C)[C@@]1(C)C3=CCC(C(=O)OC)=C1C(=O)OC. The normalized spacial score (nSPS) is 16.7. The van der Waals surface area contributed by atoms with Crippen molar-refractivity contribution in [1.29, 1.82) is 0 Å². The van der Waals surface area contributed by atoms with Crippen LogP contribution in [0.5, 0.6) is 0 Å². The van der Waals surface area contributed by atoms with Crippen LogP contribution in [0.4, 0.5) is 0 Å². The van der Waals surface area contributed by atoms with Crippen LogP contribution in [-0.2, 0) is 40.5 Å². The first-order chi connectivity index (χ1) is 24.7. The number of hydrogen-bond donors (Lipinski definition) is 2. The van der Waals surface area contributed by atoms with E-state index in [1.54, 1.807) is 13.8 Å². The maximum Gasteiger partial charge on any atom is 0.335 e. The predicted molar refractivity (Wildman–Crippen MR) is 203 cm³/mol. The number of carbonyl (C=O) groups excluding carboxylic acids is 4. The predicted octanol–water partition coefficient (Wildman–Crippen LogP) is 7.78. The molecule has 0 fully saturated rings. The fourth-order valence-corrected chi connectivity index (χ4v) is 7.70. The number of H-pyrrole nitrogens is 2. The molecule has 1 atom stereocenters. The van der Waals surface area contributed by atoms with Crippen LogP contribution in [0.3, 0.4) is 0 Å². The average molecular weight is 701 g/mol. The number of nitrogens with one attached hydrogen (secondary N) is 2. The Balaban J connectivity index is 1.79. The molecule has 2 N–H and O–H groups in total. The lowest BCUT2D eigenvalue weighted by molar-refractivity contribution is -0.139. The third-order valence-corrected chi connectivity index (χ3v) is 10.7. The van der Waals surface area contributed by atoms with E-state index in [2.05, 4.69) is 16.5 Å². The van der Waals surface area contributed by atoms with Crippen molar-refractivity contribution in [3.63, 3.8) is 0 Å². The van der Waals surface area contributed by atoms with Gasteiger partial charge in [-0.3, -0.25) is 4.98 Å². The second-order valence-corrected chi connectivity index (χ2v) is 13.9. The van der Waals surface area contributed by atoms with Gasteiger partial charge in [0.2, 0.25) is 0 Å². The number of allylic oxidation sites excluding steroid dienone is 4. The molecule has 6 rings (SSSR count). The average Bonchev–Trinajstić information content (AvgIpc) is 3.76. The van der Waals surface area contributed by atoms with Crippen molar-refractivity contribution in [3.05, 3.63) is 93.1 Å². The number of ketones is 2. The number of fused-ring (bicyclic) bond motifs is 11. The second kappa shape index (κ2) is 13.8. The Kier molecular flexibility index (Phi) is 9.61. The van der Waals surface area contributed by atoms with Crippen molar-refractivity contribution in [1.82, 2.24) is 19.9 Å². The van der Waals surface area contributed by atoms with Gasteiger partial charge in [0.25, 0.3) is 0 Å². The van der Waals surface area contributed by atoms with Crippen LogP contribution in [0, 0.1) is 13.8 Å². The Morgan fingerprint density at radius 1 is 0.808 bits per heavy atom. The summed E-state index contributed by atoms with van der Waals surface area (Å²) < 4.78 is 10.4. The van der Waals surface area contributed by atoms with Gasteiger partial charge in [0.1, 0.15) is 11.6 Å². The summed E-state index contributed by atoms with van der Waals surface area (Å²) in [5.41, 5.74) is 11.4. The number of carbonyl (C=O) groups is 4. The van der Waals surface area contributed by atoms with E-state index in [1.807, 2.05) is 64.1 Å². The Bertz CT molecular complexity index is 2370. The number of aryl methyl sites for hydroxylation is 3. The summed E-state index contributed by atoms with van der Waals surface area (Å²) in [5.74, 6) is -1.10. The van der Waals surface area contributed by atoms with E-state index >= 15 is 0 Å². The summed E-state index contributed by atoms with van der Waals surface area (Å²) in [4.78, 5) is 68.7. The quantitative estimate of drug-likeness (QED) is 0.215. The maximum atomic E-state index is 13.7. The Labute approximate surface area is 302 Å². The zero-order chi connectivity index (χ0) is 37.6. The van der Waals surface area contributed by atoms with Gasteiger partial charge in [-0.1, -0.05) is 18.7 Å². The molecule has 0 saturated heterocycles. The molecule has 0 unspecified atom stereocenters. The molecule has 0 aromatic carbocycles. The summed E-state index contributed by atoms with van der Waals surface area (Å²) >= 11 is 0. The van der Waals surface area contributed by atoms with E-state index in [1.165, 1.54) is 14.2 Å². The van der Waals surface area contributed by atoms with Crippen molar-refractivity contribution in [2.24, 2.45) is 0 Å². The molecule has 2 aliphatic heterocycles. The number of hydrogen-bond acceptors (Lipinski definition) is 8. The maximum absolute atomic E-state index is 13.7. The molecule has 3 aromatic rings. The van der Waals surface area contributed by atoms with E-state index in [4.69, 9.17) is 19.4 Å². The highest BCUT2D eigenvalue weighted by Crippen LogP contribution is 2.51. The Morgan fingerprint density at radius 3 is 2.08 bits per heavy atom. The Hall–Kier alpha value is -5.64. The van der Waals surface area contributed by atoms with Crippen LogP contribution in [-0.4, -0.2) is 57.7 Å². The molecule has 0 spiro atoms. The molecule has 3 aliphatic rings. The molecule has 10 heteroatoms. The van der Waals surface area contributed by atoms with Crippen LogP contribution in [0.2, 0.25) is 0 Å². The monoisotopic (exact) mass is 700 g/mol. The standard InChI is InChI=1S/C42H44N4O6/c1-10-26-23(4)32-18-37-30-16-15-29(40(49)51-8)39(41(50)52-9)42(30,7)38(46-37)20-33-25(6)28(14-12-22(3)48)36(45-33)19-35-27(13-11-21(2)47)24(5)31(44-35)17-34(26)43-32/h10,16-20,43,45H,1,11-15H2,2-9H3/t42-/m1/s1. The van der Waals surface area contributed by atoms with Gasteiger partial charge in [-0.2, -0.15) is 0 Å². The van der Waals surface area contributed by atoms with Crippen molar-refractivity contribution in [3.8, 4) is 0 Å². The summed E-state index contributed by atoms with van der Waals surface area (Å²) in [6.07, 6.45) is 5.64. The molecular formula is C42H44N4O6. The van der Waals surface area contributed by atoms with Gasteiger partial charge in [0.05, 0.1) is 53.6 Å². The highest BCUT2D eigenvalue weighted by atomic mass is 16.5. The van der Waals surface area contributed by atoms with E-state index in [-0.39, 0.29) is 29.1 Å². The largest absolute Gasteiger partial charge is 0.466 e. The highest BCUT2D eigenvalue weighted by molar-refractivity contribution is 6.07. The van der Waals surface area contributed by atoms with Crippen LogP contribution in [0.15, 0.2) is 48.1 Å². The smallest absolute Gasteiger partial charge is 0.335 e. The summed E-state index contributed by atoms with van der Waals surface area (Å²) in [6.45, 7) is 15.2. The topological polar surface area (TPSA) is 144 Å². The third kappa shape index (κ3) is 6.06. The van der Waals surface area contributed by atoms with Crippen molar-refractivity contribution in [2.45, 2.75) is 79.1 Å². The van der Waals surface area contributed by atoms with Crippen LogP contribution >= 0.6 is 0 Å². The number of esters is 2. The number of Topliss-reactive ketones (excluding diaryl/α,β-unsaturated/α-hetero) is 2. The van der Waals surface area contributed by atoms with E-state index in [9.17, 15) is 19.2 Å². The minimum absolute atomic E-state index is 0.0675. The zero-order valence-electron chi connectivity index (χ0n) is 31.1. The number of nitrogens with zero attached hydrogens (tertiary/aromatic N) is 2. The number of ether oxygens (including phenoxy) is 2. The minimum Gasteiger partial charge on any atom is -0.466 e. The highest BCUT2D eigenvalue weighted by Gasteiger charge is 2.49. The summed E-state index contributed by atoms with van der Waals surface area (Å²) in [6, 6.07) is 7.87. The van der Waals surface area contributed by atoms with Gasteiger partial charge in [-0.15, -0.1) is 0 Å². The number of methoxy groups -OCH3 is 2. The fraction of sp³-hybridized carbons (Fsp3) is 0.333. The van der Waals surface area contributed by atoms with Crippen LogP contribution < -0.4 is 0 Å². The number of aromatic amines is 2. The molecule has 5 heterocycles. The van der Waals surface area contributed by atoms with Gasteiger partial charge in [-0.05, 0) is 118 Å². The first-order valence-corrected chi connectivity index (χ1v) is 17.4. The van der Waals surface area contributed by atoms with E-state index < -0.39 is 17.4 Å². The lowest BCUT2D eigenvalue weighted by atomic mass is 9.68. The van der Waals surface area contributed by atoms with Crippen molar-refractivity contribution < 1.29 is 28.7 Å². The number of rotatable bonds is 9. The van der Waals surface area contributed by atoms with Gasteiger partial charge in [0.15, 0.2) is 0 Å². The Morgan fingerprint density at radius 2 is 1.42 bits per heavy atom. The van der Waals surface area contributed by atoms with Gasteiger partial charge in [-0.25, -0.2) is 14.6 Å². The van der Waals surface area contributed by atoms with Crippen molar-refractivity contribution in [2.75, 3.05) is 14.2 Å². The van der Waals surface area contributed by atoms with E-state index in [0.29, 0.717) is 37.1 Å². The zero-order valence-corrected chi connectivity index (χ0v) is 31.1. The first-order valence-electron chi connectivity index (χ1n) is 17.4. The van der Waals surface area contributed by atoms with Gasteiger partial charge in [0, 0.05) is 40.5 Å². The molecule has 52 heavy (non-hydrogen) atoms. The first kappa shape index (κ1) is 36.2. The lowest BCUT2D eigenvalue weighted by Crippen LogP contribution is -2.34. The van der Waals surface area contributed by atoms with Gasteiger partial charge < -0.3 is 29.0 Å². The molecule has 0 radical (unpaired) electrons. The molecule has 8 bridgehead atoms. The second-order valence-electron chi connectivity index (χ2n) is 13.9. The lowest BCUT2D eigenvalue weighted by Gasteiger charge is -2.32. The molecule has 0 amide bonds. The van der Waals surface area contributed by atoms with E-state index in [0.717, 1.165) is 72.4 Å². The molecular weight excluding hydrogens is 656 g/mol. The van der Waals surface area contributed by atoms with Crippen LogP contribution in [0.25, 0.3) is 44.9 Å². The molecule has 1 aliphatic carbocycles. The molecule has 10 nitrogen and oxygen atoms in total. The molecule has 268 valence electrons. The minimum atomic E-state index is -1.18. The summed E-state index contributed by atoms with van der Waals surface area (Å²) in [7, 11) is 2.59. The summed E-state index contributed by atoms with van der Waals surface area (Å²) in [5, 5.41) is 0. The van der Waals surface area contributed by atoms with Gasteiger partial charge >= 0.3 is 11.9 Å². The fourth-order valence-electron chi connectivity index (χ4n) is 7.70. The third-order valence-electron chi connectivity index (χ3n) is 10.7. The molecule has 0 saturated carbocycles.